The first-order valence-corrected chi connectivity index (χ1v) is 8.67. The highest BCUT2D eigenvalue weighted by Crippen LogP contribution is 2.31. The molecule has 8 nitrogen and oxygen atoms in total. The largest absolute Gasteiger partial charge is 0.489 e. The van der Waals surface area contributed by atoms with Gasteiger partial charge in [0.2, 0.25) is 5.95 Å². The Balaban J connectivity index is 1.41. The predicted molar refractivity (Wildman–Crippen MR) is 97.7 cm³/mol. The first-order chi connectivity index (χ1) is 13.4. The summed E-state index contributed by atoms with van der Waals surface area (Å²) in [6.07, 6.45) is 3.48. The zero-order valence-electron chi connectivity index (χ0n) is 15.0. The number of ether oxygens (including phenoxy) is 2. The third-order valence-corrected chi connectivity index (χ3v) is 4.59. The van der Waals surface area contributed by atoms with Crippen molar-refractivity contribution >= 4 is 5.82 Å². The number of nitro groups is 1. The monoisotopic (exact) mass is 384 g/mol. The van der Waals surface area contributed by atoms with E-state index in [9.17, 15) is 14.5 Å². The molecule has 0 fully saturated rings. The van der Waals surface area contributed by atoms with E-state index in [2.05, 4.69) is 9.97 Å². The summed E-state index contributed by atoms with van der Waals surface area (Å²) in [6.45, 7) is 2.72. The van der Waals surface area contributed by atoms with Crippen LogP contribution in [0.25, 0.3) is 11.1 Å². The molecule has 1 unspecified atom stereocenters. The van der Waals surface area contributed by atoms with Crippen molar-refractivity contribution in [3.05, 3.63) is 64.9 Å². The topological polar surface area (TPSA) is 92.3 Å². The number of rotatable bonds is 5. The standard InChI is InChI=1S/C19H17FN4O4/c1-19(8-9-23-11-17(24(25)26)22-18(23)28-19)12-27-15-5-2-13(3-6-15)14-4-7-16(20)21-10-14/h2-7,10-11H,8-9,12H2,1H3. The Morgan fingerprint density at radius 3 is 2.71 bits per heavy atom. The van der Waals surface area contributed by atoms with Gasteiger partial charge >= 0.3 is 11.8 Å². The van der Waals surface area contributed by atoms with Gasteiger partial charge in [0.15, 0.2) is 0 Å². The molecule has 1 aliphatic heterocycles. The molecule has 3 heterocycles. The fourth-order valence-corrected chi connectivity index (χ4v) is 2.97. The predicted octanol–water partition coefficient (Wildman–Crippen LogP) is 3.61. The molecule has 1 aliphatic rings. The Labute approximate surface area is 159 Å². The fourth-order valence-electron chi connectivity index (χ4n) is 2.97. The van der Waals surface area contributed by atoms with E-state index in [0.29, 0.717) is 18.7 Å². The third-order valence-electron chi connectivity index (χ3n) is 4.59. The van der Waals surface area contributed by atoms with E-state index in [4.69, 9.17) is 9.47 Å². The third kappa shape index (κ3) is 3.64. The molecule has 0 aliphatic carbocycles. The molecule has 144 valence electrons. The summed E-state index contributed by atoms with van der Waals surface area (Å²) in [4.78, 5) is 17.9. The van der Waals surface area contributed by atoms with Crippen LogP contribution in [0.1, 0.15) is 13.3 Å². The normalized spacial score (nSPS) is 18.2. The Kier molecular flexibility index (Phi) is 4.42. The van der Waals surface area contributed by atoms with Crippen LogP contribution in [0.4, 0.5) is 10.2 Å². The van der Waals surface area contributed by atoms with Crippen molar-refractivity contribution in [3.8, 4) is 22.9 Å². The van der Waals surface area contributed by atoms with Gasteiger partial charge in [0, 0.05) is 29.7 Å². The SMILES string of the molecule is CC1(COc2ccc(-c3ccc(F)nc3)cc2)CCn2cc([N+](=O)[O-])nc2O1. The van der Waals surface area contributed by atoms with Crippen molar-refractivity contribution < 1.29 is 18.8 Å². The summed E-state index contributed by atoms with van der Waals surface area (Å²) >= 11 is 0. The second-order valence-electron chi connectivity index (χ2n) is 6.82. The maximum absolute atomic E-state index is 12.9. The van der Waals surface area contributed by atoms with E-state index in [1.807, 2.05) is 31.2 Å². The Bertz CT molecular complexity index is 1000. The van der Waals surface area contributed by atoms with Gasteiger partial charge in [-0.1, -0.05) is 12.1 Å². The van der Waals surface area contributed by atoms with E-state index in [-0.39, 0.29) is 18.4 Å². The van der Waals surface area contributed by atoms with Crippen LogP contribution < -0.4 is 9.47 Å². The highest BCUT2D eigenvalue weighted by molar-refractivity contribution is 5.62. The lowest BCUT2D eigenvalue weighted by Crippen LogP contribution is -2.43. The Morgan fingerprint density at radius 1 is 1.29 bits per heavy atom. The average molecular weight is 384 g/mol. The molecular formula is C19H17FN4O4. The number of fused-ring (bicyclic) bond motifs is 1. The van der Waals surface area contributed by atoms with Crippen LogP contribution in [-0.4, -0.2) is 31.7 Å². The molecule has 1 atom stereocenters. The summed E-state index contributed by atoms with van der Waals surface area (Å²) < 4.78 is 26.3. The van der Waals surface area contributed by atoms with Gasteiger partial charge in [-0.15, -0.1) is 0 Å². The molecule has 28 heavy (non-hydrogen) atoms. The van der Waals surface area contributed by atoms with Crippen LogP contribution in [0.3, 0.4) is 0 Å². The summed E-state index contributed by atoms with van der Waals surface area (Å²) in [7, 11) is 0. The molecule has 0 spiro atoms. The van der Waals surface area contributed by atoms with Gasteiger partial charge in [-0.2, -0.15) is 4.39 Å². The van der Waals surface area contributed by atoms with Crippen molar-refractivity contribution in [2.24, 2.45) is 0 Å². The molecule has 0 N–H and O–H groups in total. The first-order valence-electron chi connectivity index (χ1n) is 8.67. The van der Waals surface area contributed by atoms with E-state index >= 15 is 0 Å². The van der Waals surface area contributed by atoms with Crippen molar-refractivity contribution in [2.45, 2.75) is 25.5 Å². The summed E-state index contributed by atoms with van der Waals surface area (Å²) in [5, 5.41) is 10.9. The molecule has 0 amide bonds. The molecule has 2 aromatic heterocycles. The number of hydrogen-bond acceptors (Lipinski definition) is 6. The first kappa shape index (κ1) is 17.9. The van der Waals surface area contributed by atoms with E-state index in [0.717, 1.165) is 11.1 Å². The van der Waals surface area contributed by atoms with Gasteiger partial charge in [0.25, 0.3) is 0 Å². The second-order valence-corrected chi connectivity index (χ2v) is 6.82. The minimum absolute atomic E-state index is 0.225. The van der Waals surface area contributed by atoms with Crippen LogP contribution in [0.15, 0.2) is 48.8 Å². The molecule has 0 radical (unpaired) electrons. The Hall–Kier alpha value is -3.49. The second kappa shape index (κ2) is 6.91. The highest BCUT2D eigenvalue weighted by atomic mass is 19.1. The molecule has 9 heteroatoms. The maximum atomic E-state index is 12.9. The lowest BCUT2D eigenvalue weighted by atomic mass is 10.0. The molecular weight excluding hydrogens is 367 g/mol. The number of halogens is 1. The molecule has 1 aromatic carbocycles. The van der Waals surface area contributed by atoms with E-state index in [1.165, 1.54) is 18.5 Å². The van der Waals surface area contributed by atoms with Gasteiger partial charge in [-0.3, -0.25) is 4.57 Å². The average Bonchev–Trinajstić information content (AvgIpc) is 3.11. The van der Waals surface area contributed by atoms with Crippen LogP contribution >= 0.6 is 0 Å². The van der Waals surface area contributed by atoms with Crippen LogP contribution in [-0.2, 0) is 6.54 Å². The van der Waals surface area contributed by atoms with Gasteiger partial charge in [-0.05, 0) is 41.7 Å². The van der Waals surface area contributed by atoms with Crippen molar-refractivity contribution in [3.63, 3.8) is 0 Å². The number of aryl methyl sites for hydroxylation is 1. The van der Waals surface area contributed by atoms with Crippen LogP contribution in [0, 0.1) is 16.1 Å². The van der Waals surface area contributed by atoms with Crippen molar-refractivity contribution in [2.75, 3.05) is 6.61 Å². The minimum Gasteiger partial charge on any atom is -0.489 e. The molecule has 0 saturated carbocycles. The summed E-state index contributed by atoms with van der Waals surface area (Å²) in [5.74, 6) is -0.0926. The maximum Gasteiger partial charge on any atom is 0.414 e. The van der Waals surface area contributed by atoms with Gasteiger partial charge < -0.3 is 19.6 Å². The number of nitrogens with zero attached hydrogens (tertiary/aromatic N) is 4. The van der Waals surface area contributed by atoms with Crippen molar-refractivity contribution in [1.29, 1.82) is 0 Å². The zero-order valence-corrected chi connectivity index (χ0v) is 15.0. The number of pyridine rings is 1. The summed E-state index contributed by atoms with van der Waals surface area (Å²) in [5.41, 5.74) is 1.06. The lowest BCUT2D eigenvalue weighted by Gasteiger charge is -2.32. The van der Waals surface area contributed by atoms with Gasteiger partial charge in [0.05, 0.1) is 0 Å². The number of aromatic nitrogens is 3. The number of hydrogen-bond donors (Lipinski definition) is 0. The highest BCUT2D eigenvalue weighted by Gasteiger charge is 2.37. The quantitative estimate of drug-likeness (QED) is 0.379. The van der Waals surface area contributed by atoms with Gasteiger partial charge in [0.1, 0.15) is 24.2 Å². The fraction of sp³-hybridized carbons (Fsp3) is 0.263. The minimum atomic E-state index is -0.644. The van der Waals surface area contributed by atoms with Gasteiger partial charge in [-0.25, -0.2) is 4.98 Å². The molecule has 0 saturated heterocycles. The zero-order chi connectivity index (χ0) is 19.7. The number of benzene rings is 1. The van der Waals surface area contributed by atoms with E-state index < -0.39 is 16.5 Å². The summed E-state index contributed by atoms with van der Waals surface area (Å²) in [6, 6.07) is 10.6. The van der Waals surface area contributed by atoms with Crippen molar-refractivity contribution in [1.82, 2.24) is 14.5 Å². The lowest BCUT2D eigenvalue weighted by molar-refractivity contribution is -0.389. The smallest absolute Gasteiger partial charge is 0.414 e. The van der Waals surface area contributed by atoms with Crippen LogP contribution in [0.2, 0.25) is 0 Å². The van der Waals surface area contributed by atoms with Crippen LogP contribution in [0.5, 0.6) is 11.8 Å². The Morgan fingerprint density at radius 2 is 2.04 bits per heavy atom. The molecule has 0 bridgehead atoms. The molecule has 3 aromatic rings. The molecule has 4 rings (SSSR count). The number of imidazole rings is 1. The van der Waals surface area contributed by atoms with E-state index in [1.54, 1.807) is 10.6 Å².